The summed E-state index contributed by atoms with van der Waals surface area (Å²) in [4.78, 5) is 63.8. The third-order valence-electron chi connectivity index (χ3n) is 7.77. The molecule has 0 fully saturated rings. The molecule has 0 unspecified atom stereocenters. The molecular weight excluding hydrogens is 654 g/mol. The Labute approximate surface area is 292 Å². The second-order valence-electron chi connectivity index (χ2n) is 11.5. The van der Waals surface area contributed by atoms with E-state index in [4.69, 9.17) is 16.2 Å². The first-order valence-corrected chi connectivity index (χ1v) is 16.1. The standard InChI is InChI=1S/C35H39N11O5/c1-6-38-26(14-20(3)36)32(49)41-35-40-25-16-22(19-47)17-29(51-5)30(25)45(35)13-9-8-12-44-27-11-10-23(31(37)48)18-24(27)39-34(44)42-33(50)28-15-21(4)43-46(28)7-2/h8-11,14-19H,6-7,12-13,36H2,1-5H3,(H2,37,48)(H,39,42,50)(H,40,41,49)/b9-8+,20-14-,38-26?. The van der Waals surface area contributed by atoms with E-state index in [-0.39, 0.29) is 36.3 Å². The van der Waals surface area contributed by atoms with E-state index < -0.39 is 17.7 Å². The summed E-state index contributed by atoms with van der Waals surface area (Å²) in [5.41, 5.74) is 15.7. The molecule has 0 saturated carbocycles. The molecule has 16 nitrogen and oxygen atoms in total. The second-order valence-corrected chi connectivity index (χ2v) is 11.5. The maximum absolute atomic E-state index is 13.4. The lowest BCUT2D eigenvalue weighted by Crippen LogP contribution is -2.24. The number of carbonyl (C=O) groups is 4. The van der Waals surface area contributed by atoms with E-state index in [2.05, 4.69) is 30.7 Å². The molecular formula is C35H39N11O5. The van der Waals surface area contributed by atoms with Crippen molar-refractivity contribution in [3.05, 3.63) is 82.8 Å². The number of amides is 3. The number of rotatable bonds is 14. The van der Waals surface area contributed by atoms with E-state index in [0.29, 0.717) is 69.8 Å². The van der Waals surface area contributed by atoms with Crippen LogP contribution in [0, 0.1) is 6.92 Å². The van der Waals surface area contributed by atoms with Gasteiger partial charge in [0.15, 0.2) is 0 Å². The predicted molar refractivity (Wildman–Crippen MR) is 194 cm³/mol. The van der Waals surface area contributed by atoms with E-state index in [1.165, 1.54) is 13.2 Å². The van der Waals surface area contributed by atoms with Crippen LogP contribution < -0.4 is 26.8 Å². The zero-order valence-electron chi connectivity index (χ0n) is 28.9. The van der Waals surface area contributed by atoms with Crippen LogP contribution in [0.15, 0.2) is 65.3 Å². The molecule has 264 valence electrons. The first-order chi connectivity index (χ1) is 24.5. The van der Waals surface area contributed by atoms with Crippen LogP contribution in [0.1, 0.15) is 57.7 Å². The van der Waals surface area contributed by atoms with Crippen molar-refractivity contribution in [2.45, 2.75) is 47.3 Å². The summed E-state index contributed by atoms with van der Waals surface area (Å²) < 4.78 is 10.7. The average molecular weight is 694 g/mol. The maximum atomic E-state index is 13.4. The van der Waals surface area contributed by atoms with Crippen LogP contribution in [0.3, 0.4) is 0 Å². The summed E-state index contributed by atoms with van der Waals surface area (Å²) >= 11 is 0. The molecule has 0 radical (unpaired) electrons. The molecule has 0 aliphatic heterocycles. The zero-order chi connectivity index (χ0) is 36.8. The van der Waals surface area contributed by atoms with Crippen LogP contribution in [-0.4, -0.2) is 72.3 Å². The average Bonchev–Trinajstić information content (AvgIpc) is 3.77. The first-order valence-electron chi connectivity index (χ1n) is 16.1. The monoisotopic (exact) mass is 693 g/mol. The van der Waals surface area contributed by atoms with E-state index in [1.807, 2.05) is 19.1 Å². The highest BCUT2D eigenvalue weighted by Crippen LogP contribution is 2.30. The molecule has 0 aliphatic carbocycles. The smallest absolute Gasteiger partial charge is 0.276 e. The van der Waals surface area contributed by atoms with Gasteiger partial charge in [-0.05, 0) is 70.2 Å². The number of ether oxygens (including phenoxy) is 1. The van der Waals surface area contributed by atoms with Gasteiger partial charge in [-0.25, -0.2) is 9.97 Å². The Morgan fingerprint density at radius 3 is 2.31 bits per heavy atom. The zero-order valence-corrected chi connectivity index (χ0v) is 28.9. The summed E-state index contributed by atoms with van der Waals surface area (Å²) in [6.07, 6.45) is 5.87. The number of aliphatic imine (C=N–C) groups is 1. The van der Waals surface area contributed by atoms with Gasteiger partial charge in [-0.2, -0.15) is 5.10 Å². The normalized spacial score (nSPS) is 12.2. The van der Waals surface area contributed by atoms with E-state index in [9.17, 15) is 19.2 Å². The van der Waals surface area contributed by atoms with Crippen molar-refractivity contribution in [1.82, 2.24) is 28.9 Å². The number of allylic oxidation sites excluding steroid dienone is 3. The van der Waals surface area contributed by atoms with E-state index in [0.717, 1.165) is 0 Å². The number of benzene rings is 2. The highest BCUT2D eigenvalue weighted by atomic mass is 16.5. The molecule has 0 aliphatic rings. The number of hydrogen-bond donors (Lipinski definition) is 4. The Balaban J connectivity index is 1.51. The minimum atomic E-state index is -0.604. The molecule has 0 bridgehead atoms. The van der Waals surface area contributed by atoms with Gasteiger partial charge in [-0.1, -0.05) is 12.2 Å². The Hall–Kier alpha value is -6.58. The molecule has 5 aromatic rings. The van der Waals surface area contributed by atoms with Gasteiger partial charge < -0.3 is 25.3 Å². The molecule has 0 atom stereocenters. The summed E-state index contributed by atoms with van der Waals surface area (Å²) in [5.74, 6) is -0.697. The number of imidazole rings is 2. The second kappa shape index (κ2) is 15.3. The van der Waals surface area contributed by atoms with Gasteiger partial charge in [0.25, 0.3) is 11.8 Å². The van der Waals surface area contributed by atoms with Gasteiger partial charge in [0, 0.05) is 43.0 Å². The fraction of sp³-hybridized carbons (Fsp3) is 0.257. The Kier molecular flexibility index (Phi) is 10.7. The molecule has 3 amide bonds. The lowest BCUT2D eigenvalue weighted by Gasteiger charge is -2.11. The summed E-state index contributed by atoms with van der Waals surface area (Å²) in [5, 5.41) is 10.1. The van der Waals surface area contributed by atoms with Crippen molar-refractivity contribution >= 4 is 63.7 Å². The lowest BCUT2D eigenvalue weighted by molar-refractivity contribution is -0.110. The van der Waals surface area contributed by atoms with Crippen molar-refractivity contribution in [2.24, 2.45) is 16.5 Å². The number of aldehydes is 1. The molecule has 0 spiro atoms. The topological polar surface area (TPSA) is 219 Å². The fourth-order valence-corrected chi connectivity index (χ4v) is 5.54. The Morgan fingerprint density at radius 2 is 1.67 bits per heavy atom. The molecule has 16 heteroatoms. The third kappa shape index (κ3) is 7.69. The fourth-order valence-electron chi connectivity index (χ4n) is 5.54. The molecule has 3 heterocycles. The van der Waals surface area contributed by atoms with Gasteiger partial charge in [-0.3, -0.25) is 39.5 Å². The number of primary amides is 1. The van der Waals surface area contributed by atoms with Gasteiger partial charge in [0.2, 0.25) is 17.8 Å². The molecule has 51 heavy (non-hydrogen) atoms. The van der Waals surface area contributed by atoms with Crippen LogP contribution in [0.5, 0.6) is 5.75 Å². The van der Waals surface area contributed by atoms with Crippen LogP contribution in [0.2, 0.25) is 0 Å². The minimum absolute atomic E-state index is 0.130. The predicted octanol–water partition coefficient (Wildman–Crippen LogP) is 3.60. The first kappa shape index (κ1) is 35.7. The number of methoxy groups -OCH3 is 1. The van der Waals surface area contributed by atoms with Gasteiger partial charge in [0.1, 0.15) is 29.0 Å². The van der Waals surface area contributed by atoms with Crippen LogP contribution in [0.4, 0.5) is 11.9 Å². The lowest BCUT2D eigenvalue weighted by atomic mass is 10.2. The summed E-state index contributed by atoms with van der Waals surface area (Å²) in [7, 11) is 1.48. The number of aryl methyl sites for hydroxylation is 2. The number of fused-ring (bicyclic) bond motifs is 2. The number of hydrogen-bond acceptors (Lipinski definition) is 10. The summed E-state index contributed by atoms with van der Waals surface area (Å²) in [6, 6.07) is 9.76. The third-order valence-corrected chi connectivity index (χ3v) is 7.77. The number of aromatic nitrogens is 6. The van der Waals surface area contributed by atoms with Crippen LogP contribution in [0.25, 0.3) is 22.1 Å². The van der Waals surface area contributed by atoms with E-state index >= 15 is 0 Å². The highest BCUT2D eigenvalue weighted by Gasteiger charge is 2.21. The Bertz CT molecular complexity index is 2250. The maximum Gasteiger partial charge on any atom is 0.276 e. The number of nitrogens with zero attached hydrogens (tertiary/aromatic N) is 7. The number of anilines is 2. The summed E-state index contributed by atoms with van der Waals surface area (Å²) in [6.45, 7) is 8.48. The van der Waals surface area contributed by atoms with Gasteiger partial charge in [-0.15, -0.1) is 0 Å². The van der Waals surface area contributed by atoms with Gasteiger partial charge >= 0.3 is 0 Å². The highest BCUT2D eigenvalue weighted by molar-refractivity contribution is 6.47. The van der Waals surface area contributed by atoms with Crippen LogP contribution in [-0.2, 0) is 24.4 Å². The van der Waals surface area contributed by atoms with Gasteiger partial charge in [0.05, 0.1) is 29.4 Å². The van der Waals surface area contributed by atoms with Crippen molar-refractivity contribution in [1.29, 1.82) is 0 Å². The Morgan fingerprint density at radius 1 is 0.961 bits per heavy atom. The quantitative estimate of drug-likeness (QED) is 0.0757. The number of carbonyl (C=O) groups excluding carboxylic acids is 4. The SMILES string of the molecule is CCN=C(/C=C(/C)N)C(=O)Nc1nc2cc(C=O)cc(OC)c2n1C/C=C/Cn1c(NC(=O)c2cc(C)nn2CC)nc2cc(C(N)=O)ccc21. The van der Waals surface area contributed by atoms with Crippen LogP contribution >= 0.6 is 0 Å². The molecule has 0 saturated heterocycles. The molecule has 3 aromatic heterocycles. The van der Waals surface area contributed by atoms with Crippen molar-refractivity contribution < 1.29 is 23.9 Å². The molecule has 6 N–H and O–H groups in total. The molecule has 2 aromatic carbocycles. The van der Waals surface area contributed by atoms with E-state index in [1.54, 1.807) is 71.0 Å². The minimum Gasteiger partial charge on any atom is -0.494 e. The van der Waals surface area contributed by atoms with Crippen molar-refractivity contribution in [3.63, 3.8) is 0 Å². The molecule has 5 rings (SSSR count). The largest absolute Gasteiger partial charge is 0.494 e. The number of nitrogens with one attached hydrogen (secondary N) is 2. The van der Waals surface area contributed by atoms with Crippen molar-refractivity contribution in [2.75, 3.05) is 24.3 Å². The van der Waals surface area contributed by atoms with Crippen molar-refractivity contribution in [3.8, 4) is 5.75 Å². The number of nitrogens with two attached hydrogens (primary N) is 2.